The van der Waals surface area contributed by atoms with E-state index in [-0.39, 0.29) is 17.0 Å². The fourth-order valence-electron chi connectivity index (χ4n) is 1.86. The van der Waals surface area contributed by atoms with E-state index < -0.39 is 4.92 Å². The number of rotatable bonds is 3. The number of nitro benzene ring substituents is 1. The number of non-ortho nitro benzene ring substituents is 1. The number of nitrogens with zero attached hydrogens (tertiary/aromatic N) is 3. The number of phenolic OH excluding ortho intramolecular Hbond substituents is 1. The molecule has 1 N–H and O–H groups in total. The van der Waals surface area contributed by atoms with Crippen molar-refractivity contribution >= 4 is 17.1 Å². The quantitative estimate of drug-likeness (QED) is 0.683. The molecule has 0 bridgehead atoms. The highest BCUT2D eigenvalue weighted by Crippen LogP contribution is 2.30. The van der Waals surface area contributed by atoms with Gasteiger partial charge in [0.05, 0.1) is 16.2 Å². The Morgan fingerprint density at radius 3 is 2.65 bits per heavy atom. The van der Waals surface area contributed by atoms with Gasteiger partial charge in [0.25, 0.3) is 5.69 Å². The lowest BCUT2D eigenvalue weighted by Crippen LogP contribution is -2.11. The van der Waals surface area contributed by atoms with Crippen molar-refractivity contribution in [2.75, 3.05) is 11.9 Å². The molecule has 2 aromatic rings. The van der Waals surface area contributed by atoms with Gasteiger partial charge in [-0.2, -0.15) is 5.26 Å². The van der Waals surface area contributed by atoms with Crippen LogP contribution in [-0.2, 0) is 0 Å². The summed E-state index contributed by atoms with van der Waals surface area (Å²) in [5.74, 6) is 0.106. The van der Waals surface area contributed by atoms with E-state index in [0.29, 0.717) is 11.4 Å². The molecule has 6 heteroatoms. The number of hydrogen-bond acceptors (Lipinski definition) is 5. The molecular weight excluding hydrogens is 258 g/mol. The molecule has 0 saturated carbocycles. The van der Waals surface area contributed by atoms with Crippen LogP contribution in [0.25, 0.3) is 0 Å². The van der Waals surface area contributed by atoms with Gasteiger partial charge in [0.1, 0.15) is 11.8 Å². The zero-order valence-corrected chi connectivity index (χ0v) is 10.6. The first kappa shape index (κ1) is 13.4. The molecule has 2 aromatic carbocycles. The Balaban J connectivity index is 2.47. The fourth-order valence-corrected chi connectivity index (χ4v) is 1.86. The third-order valence-electron chi connectivity index (χ3n) is 2.89. The summed E-state index contributed by atoms with van der Waals surface area (Å²) in [5, 5.41) is 29.3. The maximum absolute atomic E-state index is 10.7. The van der Waals surface area contributed by atoms with Crippen molar-refractivity contribution in [3.05, 3.63) is 58.1 Å². The van der Waals surface area contributed by atoms with Crippen molar-refractivity contribution in [1.29, 1.82) is 5.26 Å². The van der Waals surface area contributed by atoms with Gasteiger partial charge < -0.3 is 10.0 Å². The van der Waals surface area contributed by atoms with Gasteiger partial charge in [-0.05, 0) is 18.2 Å². The monoisotopic (exact) mass is 269 g/mol. The third-order valence-corrected chi connectivity index (χ3v) is 2.89. The van der Waals surface area contributed by atoms with Crippen LogP contribution < -0.4 is 4.90 Å². The molecule has 0 unspecified atom stereocenters. The standard InChI is InChI=1S/C14H11N3O3/c1-16(11-3-2-4-13(18)8-11)14-6-5-12(17(19)20)7-10(14)9-15/h2-8,18H,1H3. The zero-order valence-electron chi connectivity index (χ0n) is 10.6. The molecular formula is C14H11N3O3. The van der Waals surface area contributed by atoms with Crippen LogP contribution in [0.5, 0.6) is 5.75 Å². The van der Waals surface area contributed by atoms with Gasteiger partial charge in [0, 0.05) is 30.9 Å². The first-order valence-corrected chi connectivity index (χ1v) is 5.74. The van der Waals surface area contributed by atoms with E-state index in [1.807, 2.05) is 6.07 Å². The summed E-state index contributed by atoms with van der Waals surface area (Å²) in [4.78, 5) is 11.9. The Morgan fingerprint density at radius 1 is 1.30 bits per heavy atom. The normalized spacial score (nSPS) is 9.80. The molecule has 0 aliphatic heterocycles. The Labute approximate surface area is 115 Å². The molecule has 0 aliphatic rings. The molecule has 20 heavy (non-hydrogen) atoms. The van der Waals surface area contributed by atoms with E-state index in [1.54, 1.807) is 36.2 Å². The maximum atomic E-state index is 10.7. The SMILES string of the molecule is CN(c1cccc(O)c1)c1ccc([N+](=O)[O-])cc1C#N. The lowest BCUT2D eigenvalue weighted by molar-refractivity contribution is -0.384. The topological polar surface area (TPSA) is 90.4 Å². The molecule has 6 nitrogen and oxygen atoms in total. The molecule has 0 spiro atoms. The molecule has 0 aliphatic carbocycles. The minimum Gasteiger partial charge on any atom is -0.508 e. The van der Waals surface area contributed by atoms with E-state index in [9.17, 15) is 15.2 Å². The number of aromatic hydroxyl groups is 1. The molecule has 2 rings (SSSR count). The van der Waals surface area contributed by atoms with Gasteiger partial charge in [0.15, 0.2) is 0 Å². The second-order valence-corrected chi connectivity index (χ2v) is 4.15. The molecule has 0 fully saturated rings. The smallest absolute Gasteiger partial charge is 0.270 e. The predicted octanol–water partition coefficient (Wildman–Crippen LogP) is 2.94. The zero-order chi connectivity index (χ0) is 14.7. The summed E-state index contributed by atoms with van der Waals surface area (Å²) in [6.45, 7) is 0. The van der Waals surface area contributed by atoms with E-state index in [2.05, 4.69) is 0 Å². The van der Waals surface area contributed by atoms with Crippen LogP contribution in [0.3, 0.4) is 0 Å². The van der Waals surface area contributed by atoms with Crippen molar-refractivity contribution in [2.24, 2.45) is 0 Å². The number of anilines is 2. The predicted molar refractivity (Wildman–Crippen MR) is 74.0 cm³/mol. The second-order valence-electron chi connectivity index (χ2n) is 4.15. The van der Waals surface area contributed by atoms with Crippen molar-refractivity contribution < 1.29 is 10.0 Å². The molecule has 0 atom stereocenters. The molecule has 0 heterocycles. The van der Waals surface area contributed by atoms with Gasteiger partial charge in [-0.1, -0.05) is 6.07 Å². The fraction of sp³-hybridized carbons (Fsp3) is 0.0714. The maximum Gasteiger partial charge on any atom is 0.270 e. The van der Waals surface area contributed by atoms with Gasteiger partial charge in [-0.25, -0.2) is 0 Å². The highest BCUT2D eigenvalue weighted by Gasteiger charge is 2.14. The molecule has 0 radical (unpaired) electrons. The molecule has 0 aromatic heterocycles. The third kappa shape index (κ3) is 2.52. The number of nitro groups is 1. The Hall–Kier alpha value is -3.07. The van der Waals surface area contributed by atoms with E-state index in [1.165, 1.54) is 18.2 Å². The minimum absolute atomic E-state index is 0.106. The van der Waals surface area contributed by atoms with Crippen LogP contribution in [0.15, 0.2) is 42.5 Å². The van der Waals surface area contributed by atoms with Crippen molar-refractivity contribution in [1.82, 2.24) is 0 Å². The van der Waals surface area contributed by atoms with E-state index >= 15 is 0 Å². The van der Waals surface area contributed by atoms with Crippen molar-refractivity contribution in [2.45, 2.75) is 0 Å². The number of benzene rings is 2. The number of hydrogen-bond donors (Lipinski definition) is 1. The van der Waals surface area contributed by atoms with Crippen LogP contribution in [0, 0.1) is 21.4 Å². The van der Waals surface area contributed by atoms with Gasteiger partial charge in [0.2, 0.25) is 0 Å². The van der Waals surface area contributed by atoms with Gasteiger partial charge >= 0.3 is 0 Å². The lowest BCUT2D eigenvalue weighted by atomic mass is 10.1. The minimum atomic E-state index is -0.543. The van der Waals surface area contributed by atoms with Crippen molar-refractivity contribution in [3.63, 3.8) is 0 Å². The van der Waals surface area contributed by atoms with Crippen LogP contribution in [0.1, 0.15) is 5.56 Å². The lowest BCUT2D eigenvalue weighted by Gasteiger charge is -2.20. The largest absolute Gasteiger partial charge is 0.508 e. The Morgan fingerprint density at radius 2 is 2.05 bits per heavy atom. The van der Waals surface area contributed by atoms with Crippen LogP contribution in [0.2, 0.25) is 0 Å². The molecule has 100 valence electrons. The Kier molecular flexibility index (Phi) is 3.53. The summed E-state index contributed by atoms with van der Waals surface area (Å²) < 4.78 is 0. The summed E-state index contributed by atoms with van der Waals surface area (Å²) in [5.41, 5.74) is 1.28. The highest BCUT2D eigenvalue weighted by molar-refractivity contribution is 5.71. The summed E-state index contributed by atoms with van der Waals surface area (Å²) in [6, 6.07) is 12.6. The summed E-state index contributed by atoms with van der Waals surface area (Å²) in [6.07, 6.45) is 0. The first-order chi connectivity index (χ1) is 9.52. The van der Waals surface area contributed by atoms with Crippen LogP contribution in [0.4, 0.5) is 17.1 Å². The average molecular weight is 269 g/mol. The number of nitriles is 1. The van der Waals surface area contributed by atoms with Crippen LogP contribution in [-0.4, -0.2) is 17.1 Å². The molecule has 0 amide bonds. The van der Waals surface area contributed by atoms with E-state index in [4.69, 9.17) is 5.26 Å². The van der Waals surface area contributed by atoms with Crippen LogP contribution >= 0.6 is 0 Å². The van der Waals surface area contributed by atoms with Gasteiger partial charge in [-0.3, -0.25) is 10.1 Å². The highest BCUT2D eigenvalue weighted by atomic mass is 16.6. The summed E-state index contributed by atoms with van der Waals surface area (Å²) in [7, 11) is 1.72. The summed E-state index contributed by atoms with van der Waals surface area (Å²) >= 11 is 0. The second kappa shape index (κ2) is 5.28. The van der Waals surface area contributed by atoms with Crippen molar-refractivity contribution in [3.8, 4) is 11.8 Å². The first-order valence-electron chi connectivity index (χ1n) is 5.74. The molecule has 0 saturated heterocycles. The average Bonchev–Trinajstić information content (AvgIpc) is 2.45. The van der Waals surface area contributed by atoms with E-state index in [0.717, 1.165) is 0 Å². The van der Waals surface area contributed by atoms with Gasteiger partial charge in [-0.15, -0.1) is 0 Å². The number of phenols is 1. The Bertz CT molecular complexity index is 707.